The topological polar surface area (TPSA) is 155 Å². The number of esters is 3. The molecule has 0 saturated carbocycles. The Hall–Kier alpha value is -3.08. The molecule has 0 aliphatic rings. The summed E-state index contributed by atoms with van der Waals surface area (Å²) in [6.45, 7) is 4.44. The van der Waals surface area contributed by atoms with Crippen molar-refractivity contribution < 1.29 is 52.2 Å². The van der Waals surface area contributed by atoms with Gasteiger partial charge in [0.15, 0.2) is 6.10 Å². The van der Waals surface area contributed by atoms with Gasteiger partial charge >= 0.3 is 25.7 Å². The molecule has 0 amide bonds. The van der Waals surface area contributed by atoms with Crippen LogP contribution in [0.25, 0.3) is 0 Å². The molecule has 2 N–H and O–H groups in total. The van der Waals surface area contributed by atoms with Crippen molar-refractivity contribution in [3.05, 3.63) is 72.9 Å². The SMILES string of the molecule is CC/C=C\C/C=C\C/C=C\C/C=C\C/C=C\CC(=O)OC(CO)COP(=O)(O)OCC(COC(=O)CCCCCCC/C=C\CCCCCCCC)OC(=O)CCCCCCCCCCCCCCCCCCC. The minimum Gasteiger partial charge on any atom is -0.462 e. The summed E-state index contributed by atoms with van der Waals surface area (Å²) in [6.07, 6.45) is 63.2. The van der Waals surface area contributed by atoms with Crippen molar-refractivity contribution >= 4 is 25.7 Å². The number of phosphoric acid groups is 1. The number of unbranched alkanes of at least 4 members (excludes halogenated alkanes) is 27. The van der Waals surface area contributed by atoms with Crippen LogP contribution in [0.5, 0.6) is 0 Å². The van der Waals surface area contributed by atoms with Crippen LogP contribution < -0.4 is 0 Å². The Morgan fingerprint density at radius 3 is 1.18 bits per heavy atom. The van der Waals surface area contributed by atoms with E-state index in [0.29, 0.717) is 19.3 Å². The first-order valence-electron chi connectivity index (χ1n) is 29.8. The smallest absolute Gasteiger partial charge is 0.462 e. The minimum atomic E-state index is -4.77. The molecule has 0 fully saturated rings. The third-order valence-electron chi connectivity index (χ3n) is 12.6. The van der Waals surface area contributed by atoms with Crippen LogP contribution in [-0.2, 0) is 42.2 Å². The Bertz CT molecular complexity index is 1520. The fourth-order valence-electron chi connectivity index (χ4n) is 8.13. The molecule has 0 aromatic carbocycles. The predicted molar refractivity (Wildman–Crippen MR) is 307 cm³/mol. The van der Waals surface area contributed by atoms with Gasteiger partial charge in [-0.05, 0) is 70.6 Å². The third-order valence-corrected chi connectivity index (χ3v) is 13.6. The number of ether oxygens (including phenoxy) is 3. The van der Waals surface area contributed by atoms with Crippen molar-refractivity contribution in [3.63, 3.8) is 0 Å². The van der Waals surface area contributed by atoms with Gasteiger partial charge in [-0.25, -0.2) is 4.57 Å². The molecule has 0 aromatic rings. The van der Waals surface area contributed by atoms with Gasteiger partial charge in [0.2, 0.25) is 0 Å². The van der Waals surface area contributed by atoms with Crippen LogP contribution in [0.1, 0.15) is 265 Å². The second kappa shape index (κ2) is 56.1. The summed E-state index contributed by atoms with van der Waals surface area (Å²) in [5, 5.41) is 9.80. The number of carbonyl (C=O) groups excluding carboxylic acids is 3. The van der Waals surface area contributed by atoms with Gasteiger partial charge in [-0.1, -0.05) is 248 Å². The molecule has 0 bridgehead atoms. The first-order valence-corrected chi connectivity index (χ1v) is 31.3. The zero-order chi connectivity index (χ0) is 54.1. The van der Waals surface area contributed by atoms with E-state index < -0.39 is 57.8 Å². The van der Waals surface area contributed by atoms with E-state index >= 15 is 0 Å². The van der Waals surface area contributed by atoms with Crippen molar-refractivity contribution in [2.75, 3.05) is 26.4 Å². The van der Waals surface area contributed by atoms with Crippen molar-refractivity contribution in [1.29, 1.82) is 0 Å². The summed E-state index contributed by atoms with van der Waals surface area (Å²) < 4.78 is 39.4. The molecule has 0 saturated heterocycles. The highest BCUT2D eigenvalue weighted by Crippen LogP contribution is 2.43. The largest absolute Gasteiger partial charge is 0.472 e. The molecular formula is C62H109O11P. The van der Waals surface area contributed by atoms with E-state index in [2.05, 4.69) is 69.4 Å². The zero-order valence-electron chi connectivity index (χ0n) is 47.3. The number of allylic oxidation sites excluding steroid dienone is 11. The van der Waals surface area contributed by atoms with Crippen molar-refractivity contribution in [1.82, 2.24) is 0 Å². The van der Waals surface area contributed by atoms with E-state index in [1.54, 1.807) is 6.08 Å². The molecule has 3 atom stereocenters. The normalized spacial score (nSPS) is 13.9. The van der Waals surface area contributed by atoms with Crippen LogP contribution in [-0.4, -0.2) is 66.5 Å². The van der Waals surface area contributed by atoms with Crippen LogP contribution in [0, 0.1) is 0 Å². The molecule has 428 valence electrons. The summed E-state index contributed by atoms with van der Waals surface area (Å²) in [4.78, 5) is 48.5. The van der Waals surface area contributed by atoms with E-state index in [1.807, 2.05) is 18.2 Å². The molecule has 0 spiro atoms. The van der Waals surface area contributed by atoms with Crippen molar-refractivity contribution in [3.8, 4) is 0 Å². The molecule has 0 rings (SSSR count). The minimum absolute atomic E-state index is 0.0557. The maximum absolute atomic E-state index is 12.9. The van der Waals surface area contributed by atoms with Crippen LogP contribution in [0.3, 0.4) is 0 Å². The molecule has 74 heavy (non-hydrogen) atoms. The van der Waals surface area contributed by atoms with Gasteiger partial charge < -0.3 is 24.2 Å². The predicted octanol–water partition coefficient (Wildman–Crippen LogP) is 17.7. The molecule has 11 nitrogen and oxygen atoms in total. The maximum atomic E-state index is 12.9. The number of phosphoric ester groups is 1. The average Bonchev–Trinajstić information content (AvgIpc) is 3.39. The average molecular weight is 1060 g/mol. The Labute approximate surface area is 452 Å². The Balaban J connectivity index is 4.79. The van der Waals surface area contributed by atoms with E-state index in [-0.39, 0.29) is 25.9 Å². The number of aliphatic hydroxyl groups is 1. The first-order chi connectivity index (χ1) is 36.2. The van der Waals surface area contributed by atoms with Crippen molar-refractivity contribution in [2.24, 2.45) is 0 Å². The fraction of sp³-hybridized carbons (Fsp3) is 0.758. The molecular weight excluding hydrogens is 952 g/mol. The second-order valence-corrected chi connectivity index (χ2v) is 21.3. The van der Waals surface area contributed by atoms with E-state index in [0.717, 1.165) is 83.5 Å². The molecule has 0 heterocycles. The van der Waals surface area contributed by atoms with Crippen LogP contribution in [0.4, 0.5) is 0 Å². The lowest BCUT2D eigenvalue weighted by atomic mass is 10.0. The lowest BCUT2D eigenvalue weighted by Gasteiger charge is -2.21. The van der Waals surface area contributed by atoms with Crippen LogP contribution in [0.2, 0.25) is 0 Å². The lowest BCUT2D eigenvalue weighted by Crippen LogP contribution is -2.30. The highest BCUT2D eigenvalue weighted by molar-refractivity contribution is 7.47. The molecule has 0 radical (unpaired) electrons. The van der Waals surface area contributed by atoms with E-state index in [1.165, 1.54) is 122 Å². The quantitative estimate of drug-likeness (QED) is 0.0197. The van der Waals surface area contributed by atoms with Gasteiger partial charge in [0.1, 0.15) is 12.7 Å². The van der Waals surface area contributed by atoms with Gasteiger partial charge in [-0.2, -0.15) is 0 Å². The van der Waals surface area contributed by atoms with Gasteiger partial charge in [-0.15, -0.1) is 0 Å². The summed E-state index contributed by atoms with van der Waals surface area (Å²) in [7, 11) is -4.77. The summed E-state index contributed by atoms with van der Waals surface area (Å²) in [5.41, 5.74) is 0. The number of carbonyl (C=O) groups is 3. The zero-order valence-corrected chi connectivity index (χ0v) is 48.2. The fourth-order valence-corrected chi connectivity index (χ4v) is 8.92. The number of aliphatic hydroxyl groups excluding tert-OH is 1. The van der Waals surface area contributed by atoms with Gasteiger partial charge in [-0.3, -0.25) is 23.4 Å². The van der Waals surface area contributed by atoms with Gasteiger partial charge in [0, 0.05) is 12.8 Å². The number of rotatable bonds is 55. The molecule has 0 aromatic heterocycles. The highest BCUT2D eigenvalue weighted by atomic mass is 31.2. The van der Waals surface area contributed by atoms with Gasteiger partial charge in [0.25, 0.3) is 0 Å². The van der Waals surface area contributed by atoms with Crippen molar-refractivity contribution in [2.45, 2.75) is 277 Å². The molecule has 12 heteroatoms. The third kappa shape index (κ3) is 53.7. The Morgan fingerprint density at radius 1 is 0.405 bits per heavy atom. The van der Waals surface area contributed by atoms with Crippen LogP contribution >= 0.6 is 7.82 Å². The summed E-state index contributed by atoms with van der Waals surface area (Å²) in [5.74, 6) is -1.60. The van der Waals surface area contributed by atoms with Gasteiger partial charge in [0.05, 0.1) is 26.2 Å². The summed E-state index contributed by atoms with van der Waals surface area (Å²) in [6, 6.07) is 0. The van der Waals surface area contributed by atoms with E-state index in [9.17, 15) is 28.9 Å². The first kappa shape index (κ1) is 70.9. The van der Waals surface area contributed by atoms with E-state index in [4.69, 9.17) is 23.3 Å². The number of hydrogen-bond donors (Lipinski definition) is 2. The second-order valence-electron chi connectivity index (χ2n) is 19.8. The highest BCUT2D eigenvalue weighted by Gasteiger charge is 2.28. The number of hydrogen-bond acceptors (Lipinski definition) is 10. The molecule has 3 unspecified atom stereocenters. The summed E-state index contributed by atoms with van der Waals surface area (Å²) >= 11 is 0. The van der Waals surface area contributed by atoms with Crippen LogP contribution in [0.15, 0.2) is 72.9 Å². The molecule has 0 aliphatic heterocycles. The lowest BCUT2D eigenvalue weighted by molar-refractivity contribution is -0.161. The Kier molecular flexibility index (Phi) is 53.8. The standard InChI is InChI=1S/C62H109O11P/c1-4-7-10-13-16-19-22-25-28-29-32-35-38-41-44-47-50-53-62(66)73-59(55-69-60(64)51-48-45-42-39-36-33-30-26-23-20-17-14-11-8-5-2)57-71-74(67,68)70-56-58(54-63)72-61(65)52-49-46-43-40-37-34-31-27-24-21-18-15-12-9-6-3/h9,12,18,21,26-27,30-31,37,40,46,49,58-59,63H,4-8,10-11,13-17,19-20,22-25,28-29,32-36,38-39,41-45,47-48,50-57H2,1-3H3,(H,67,68)/b12-9-,21-18-,30-26-,31-27-,40-37-,49-46-. The maximum Gasteiger partial charge on any atom is 0.472 e. The monoisotopic (exact) mass is 1060 g/mol. The molecule has 0 aliphatic carbocycles. The Morgan fingerprint density at radius 2 is 0.757 bits per heavy atom.